The number of thiazole rings is 1. The molecule has 0 fully saturated rings. The van der Waals surface area contributed by atoms with E-state index in [-0.39, 0.29) is 5.69 Å². The van der Waals surface area contributed by atoms with Crippen molar-refractivity contribution in [1.82, 2.24) is 10.3 Å². The van der Waals surface area contributed by atoms with Gasteiger partial charge in [0.25, 0.3) is 0 Å². The Morgan fingerprint density at radius 1 is 1.21 bits per heavy atom. The van der Waals surface area contributed by atoms with E-state index in [2.05, 4.69) is 20.8 Å². The summed E-state index contributed by atoms with van der Waals surface area (Å²) in [5, 5.41) is 9.88. The van der Waals surface area contributed by atoms with Crippen LogP contribution in [0, 0.1) is 0 Å². The van der Waals surface area contributed by atoms with E-state index in [1.807, 2.05) is 37.3 Å². The van der Waals surface area contributed by atoms with Gasteiger partial charge in [-0.15, -0.1) is 11.3 Å². The third-order valence-corrected chi connectivity index (χ3v) is 4.99. The second kappa shape index (κ2) is 7.79. The van der Waals surface area contributed by atoms with Crippen LogP contribution < -0.4 is 15.7 Å². The highest BCUT2D eigenvalue weighted by Crippen LogP contribution is 2.22. The number of nitrogens with one attached hydrogen (secondary N) is 2. The first-order chi connectivity index (χ1) is 13.6. The smallest absolute Gasteiger partial charge is 0.282 e. The lowest BCUT2D eigenvalue weighted by atomic mass is 10.1. The van der Waals surface area contributed by atoms with Gasteiger partial charge in [0.2, 0.25) is 10.8 Å². The van der Waals surface area contributed by atoms with Crippen LogP contribution in [0.15, 0.2) is 74.4 Å². The van der Waals surface area contributed by atoms with Crippen molar-refractivity contribution in [2.75, 3.05) is 5.43 Å². The SMILES string of the molecule is C/C(=N\Nc1nc(-c2c(=O)o[nH][n+]2-c2ccc(Cl)cc2)cs1)c1ccccc1. The fraction of sp³-hybridized carbons (Fsp3) is 0.0526. The Kier molecular flexibility index (Phi) is 5.05. The van der Waals surface area contributed by atoms with Crippen molar-refractivity contribution < 1.29 is 9.20 Å². The lowest BCUT2D eigenvalue weighted by Gasteiger charge is -2.00. The normalized spacial score (nSPS) is 11.6. The largest absolute Gasteiger partial charge is 0.437 e. The number of aromatic nitrogens is 3. The van der Waals surface area contributed by atoms with Gasteiger partial charge in [0.05, 0.1) is 5.71 Å². The van der Waals surface area contributed by atoms with Gasteiger partial charge in [-0.25, -0.2) is 9.78 Å². The molecule has 2 aromatic carbocycles. The van der Waals surface area contributed by atoms with Crippen LogP contribution in [0.5, 0.6) is 0 Å². The van der Waals surface area contributed by atoms with Crippen molar-refractivity contribution in [2.24, 2.45) is 5.10 Å². The predicted octanol–water partition coefficient (Wildman–Crippen LogP) is 3.86. The van der Waals surface area contributed by atoms with E-state index >= 15 is 0 Å². The molecule has 2 heterocycles. The molecule has 0 bridgehead atoms. The van der Waals surface area contributed by atoms with Crippen molar-refractivity contribution >= 4 is 33.8 Å². The predicted molar refractivity (Wildman–Crippen MR) is 109 cm³/mol. The quantitative estimate of drug-likeness (QED) is 0.296. The highest BCUT2D eigenvalue weighted by molar-refractivity contribution is 7.14. The van der Waals surface area contributed by atoms with E-state index in [0.717, 1.165) is 11.3 Å². The highest BCUT2D eigenvalue weighted by Gasteiger charge is 2.27. The summed E-state index contributed by atoms with van der Waals surface area (Å²) < 4.78 is 6.49. The number of halogens is 1. The fourth-order valence-electron chi connectivity index (χ4n) is 2.57. The third-order valence-electron chi connectivity index (χ3n) is 3.99. The first-order valence-electron chi connectivity index (χ1n) is 8.33. The average Bonchev–Trinajstić information content (AvgIpc) is 3.33. The van der Waals surface area contributed by atoms with Crippen LogP contribution in [0.1, 0.15) is 12.5 Å². The van der Waals surface area contributed by atoms with E-state index in [1.54, 1.807) is 29.6 Å². The molecule has 0 saturated carbocycles. The number of hydrazone groups is 1. The van der Waals surface area contributed by atoms with Crippen LogP contribution in [-0.2, 0) is 0 Å². The molecule has 0 aliphatic heterocycles. The Balaban J connectivity index is 1.61. The molecular weight excluding hydrogens is 398 g/mol. The van der Waals surface area contributed by atoms with Gasteiger partial charge in [-0.2, -0.15) is 5.10 Å². The minimum Gasteiger partial charge on any atom is -0.282 e. The molecule has 0 radical (unpaired) electrons. The Hall–Kier alpha value is -3.23. The van der Waals surface area contributed by atoms with Gasteiger partial charge in [0.1, 0.15) is 0 Å². The Labute approximate surface area is 168 Å². The topological polar surface area (TPSA) is 87.2 Å². The molecule has 2 N–H and O–H groups in total. The number of aromatic amines is 1. The zero-order valence-corrected chi connectivity index (χ0v) is 16.3. The summed E-state index contributed by atoms with van der Waals surface area (Å²) in [5.74, 6) is 0. The Morgan fingerprint density at radius 3 is 2.71 bits per heavy atom. The Bertz CT molecular complexity index is 1180. The summed E-state index contributed by atoms with van der Waals surface area (Å²) in [7, 11) is 0. The zero-order chi connectivity index (χ0) is 19.5. The molecule has 0 unspecified atom stereocenters. The number of nitrogens with zero attached hydrogens (tertiary/aromatic N) is 3. The van der Waals surface area contributed by atoms with Crippen LogP contribution >= 0.6 is 22.9 Å². The van der Waals surface area contributed by atoms with Crippen LogP contribution in [-0.4, -0.2) is 16.0 Å². The summed E-state index contributed by atoms with van der Waals surface area (Å²) in [6, 6.07) is 16.8. The fourth-order valence-corrected chi connectivity index (χ4v) is 3.34. The number of anilines is 1. The summed E-state index contributed by atoms with van der Waals surface area (Å²) in [6.07, 6.45) is 0. The monoisotopic (exact) mass is 412 g/mol. The number of benzene rings is 2. The number of hydrogen-bond donors (Lipinski definition) is 2. The van der Waals surface area contributed by atoms with Crippen LogP contribution in [0.2, 0.25) is 5.02 Å². The molecule has 0 aliphatic rings. The van der Waals surface area contributed by atoms with Gasteiger partial charge >= 0.3 is 11.3 Å². The molecule has 4 rings (SSSR count). The second-order valence-electron chi connectivity index (χ2n) is 5.85. The summed E-state index contributed by atoms with van der Waals surface area (Å²) in [5.41, 5.74) is 5.72. The zero-order valence-electron chi connectivity index (χ0n) is 14.7. The number of rotatable bonds is 5. The maximum atomic E-state index is 12.2. The van der Waals surface area contributed by atoms with E-state index in [1.165, 1.54) is 16.0 Å². The van der Waals surface area contributed by atoms with Crippen LogP contribution in [0.25, 0.3) is 17.1 Å². The van der Waals surface area contributed by atoms with Gasteiger partial charge in [0, 0.05) is 22.5 Å². The average molecular weight is 413 g/mol. The maximum absolute atomic E-state index is 12.2. The first-order valence-corrected chi connectivity index (χ1v) is 9.58. The molecule has 0 atom stereocenters. The van der Waals surface area contributed by atoms with E-state index in [4.69, 9.17) is 16.1 Å². The van der Waals surface area contributed by atoms with Gasteiger partial charge in [-0.05, 0) is 34.6 Å². The van der Waals surface area contributed by atoms with E-state index < -0.39 is 5.63 Å². The van der Waals surface area contributed by atoms with Gasteiger partial charge in [-0.1, -0.05) is 41.9 Å². The standard InChI is InChI=1S/C19H14ClN5O2S/c1-12(13-5-3-2-4-6-13)22-23-19-21-16(11-28-19)17-18(26)27-24-25(17)15-9-7-14(20)8-10-15/h2-11H,1H3,(H-,21,23,24,26)/p+1/b22-12+. The maximum Gasteiger partial charge on any atom is 0.437 e. The van der Waals surface area contributed by atoms with Crippen molar-refractivity contribution in [3.63, 3.8) is 0 Å². The molecule has 7 nitrogen and oxygen atoms in total. The molecular formula is C19H15ClN5O2S+. The van der Waals surface area contributed by atoms with Crippen molar-refractivity contribution in [3.8, 4) is 17.1 Å². The van der Waals surface area contributed by atoms with Gasteiger partial charge in [-0.3, -0.25) is 9.95 Å². The lowest BCUT2D eigenvalue weighted by molar-refractivity contribution is -0.660. The molecule has 4 aromatic rings. The van der Waals surface area contributed by atoms with Crippen molar-refractivity contribution in [2.45, 2.75) is 6.92 Å². The summed E-state index contributed by atoms with van der Waals surface area (Å²) in [6.45, 7) is 1.91. The number of hydrogen-bond acceptors (Lipinski definition) is 6. The van der Waals surface area contributed by atoms with Crippen molar-refractivity contribution in [3.05, 3.63) is 81.0 Å². The van der Waals surface area contributed by atoms with E-state index in [0.29, 0.717) is 21.5 Å². The summed E-state index contributed by atoms with van der Waals surface area (Å²) >= 11 is 7.27. The molecule has 0 amide bonds. The number of H-pyrrole nitrogens is 1. The molecule has 2 aromatic heterocycles. The highest BCUT2D eigenvalue weighted by atomic mass is 35.5. The third kappa shape index (κ3) is 3.73. The first kappa shape index (κ1) is 18.1. The second-order valence-corrected chi connectivity index (χ2v) is 7.15. The summed E-state index contributed by atoms with van der Waals surface area (Å²) in [4.78, 5) is 16.7. The van der Waals surface area contributed by atoms with Crippen LogP contribution in [0.3, 0.4) is 0 Å². The van der Waals surface area contributed by atoms with E-state index in [9.17, 15) is 4.79 Å². The lowest BCUT2D eigenvalue weighted by Crippen LogP contribution is -2.36. The minimum atomic E-state index is -0.518. The molecule has 28 heavy (non-hydrogen) atoms. The van der Waals surface area contributed by atoms with Crippen LogP contribution in [0.4, 0.5) is 5.13 Å². The Morgan fingerprint density at radius 2 is 1.96 bits per heavy atom. The molecule has 0 aliphatic carbocycles. The van der Waals surface area contributed by atoms with Gasteiger partial charge in [0.15, 0.2) is 5.69 Å². The molecule has 0 spiro atoms. The molecule has 9 heteroatoms. The van der Waals surface area contributed by atoms with Gasteiger partial charge < -0.3 is 0 Å². The molecule has 140 valence electrons. The molecule has 0 saturated heterocycles. The minimum absolute atomic E-state index is 0.287. The van der Waals surface area contributed by atoms with Crippen molar-refractivity contribution in [1.29, 1.82) is 0 Å².